The van der Waals surface area contributed by atoms with E-state index in [1.54, 1.807) is 4.57 Å². The fourth-order valence-corrected chi connectivity index (χ4v) is 3.20. The van der Waals surface area contributed by atoms with Gasteiger partial charge in [0.1, 0.15) is 5.82 Å². The molecular weight excluding hydrogens is 268 g/mol. The van der Waals surface area contributed by atoms with Gasteiger partial charge in [0.25, 0.3) is 15.2 Å². The van der Waals surface area contributed by atoms with Crippen molar-refractivity contribution in [2.24, 2.45) is 5.14 Å². The van der Waals surface area contributed by atoms with Gasteiger partial charge in [0, 0.05) is 19.1 Å². The quantitative estimate of drug-likeness (QED) is 0.862. The Morgan fingerprint density at radius 2 is 2.05 bits per heavy atom. The number of rotatable bonds is 4. The zero-order valence-corrected chi connectivity index (χ0v) is 11.5. The summed E-state index contributed by atoms with van der Waals surface area (Å²) in [4.78, 5) is 0. The van der Waals surface area contributed by atoms with Crippen molar-refractivity contribution in [1.82, 2.24) is 14.8 Å². The highest BCUT2D eigenvalue weighted by molar-refractivity contribution is 7.89. The maximum absolute atomic E-state index is 11.5. The van der Waals surface area contributed by atoms with Gasteiger partial charge in [-0.3, -0.25) is 4.57 Å². The lowest BCUT2D eigenvalue weighted by Crippen LogP contribution is -2.24. The number of aromatic nitrogens is 3. The normalized spacial score (nSPS) is 24.6. The molecule has 1 aromatic heterocycles. The third-order valence-corrected chi connectivity index (χ3v) is 4.37. The largest absolute Gasteiger partial charge is 0.378 e. The molecule has 8 heteroatoms. The van der Waals surface area contributed by atoms with Gasteiger partial charge in [0.2, 0.25) is 0 Å². The first-order valence-corrected chi connectivity index (χ1v) is 8.18. The average molecular weight is 286 g/mol. The van der Waals surface area contributed by atoms with Crippen LogP contribution in [0.2, 0.25) is 0 Å². The monoisotopic (exact) mass is 286 g/mol. The van der Waals surface area contributed by atoms with Crippen molar-refractivity contribution in [2.75, 3.05) is 6.61 Å². The number of hydrogen-bond acceptors (Lipinski definition) is 5. The van der Waals surface area contributed by atoms with Crippen LogP contribution in [-0.2, 0) is 21.2 Å². The molecule has 0 bridgehead atoms. The topological polar surface area (TPSA) is 100 Å². The second kappa shape index (κ2) is 4.84. The highest BCUT2D eigenvalue weighted by atomic mass is 32.2. The van der Waals surface area contributed by atoms with Gasteiger partial charge in [-0.05, 0) is 32.1 Å². The molecule has 1 aliphatic heterocycles. The first-order valence-electron chi connectivity index (χ1n) is 6.64. The molecule has 1 atom stereocenters. The number of hydrogen-bond donors (Lipinski definition) is 1. The van der Waals surface area contributed by atoms with Crippen molar-refractivity contribution in [2.45, 2.75) is 55.8 Å². The molecule has 1 saturated heterocycles. The lowest BCUT2D eigenvalue weighted by Gasteiger charge is -2.22. The highest BCUT2D eigenvalue weighted by Gasteiger charge is 2.33. The zero-order chi connectivity index (χ0) is 13.5. The van der Waals surface area contributed by atoms with Crippen LogP contribution >= 0.6 is 0 Å². The molecule has 0 spiro atoms. The number of primary sulfonamides is 1. The van der Waals surface area contributed by atoms with Gasteiger partial charge in [-0.2, -0.15) is 0 Å². The minimum Gasteiger partial charge on any atom is -0.378 e. The predicted molar refractivity (Wildman–Crippen MR) is 67.0 cm³/mol. The van der Waals surface area contributed by atoms with Crippen molar-refractivity contribution >= 4 is 10.0 Å². The Morgan fingerprint density at radius 3 is 2.63 bits per heavy atom. The molecule has 0 aromatic carbocycles. The molecule has 106 valence electrons. The second-order valence-corrected chi connectivity index (χ2v) is 6.69. The first-order chi connectivity index (χ1) is 9.05. The van der Waals surface area contributed by atoms with E-state index in [0.717, 1.165) is 38.7 Å². The molecule has 1 unspecified atom stereocenters. The predicted octanol–water partition coefficient (Wildman–Crippen LogP) is 0.372. The van der Waals surface area contributed by atoms with Crippen LogP contribution in [0, 0.1) is 0 Å². The van der Waals surface area contributed by atoms with E-state index in [-0.39, 0.29) is 17.3 Å². The van der Waals surface area contributed by atoms with E-state index < -0.39 is 10.0 Å². The van der Waals surface area contributed by atoms with Gasteiger partial charge in [-0.1, -0.05) is 0 Å². The van der Waals surface area contributed by atoms with Crippen LogP contribution in [0.5, 0.6) is 0 Å². The van der Waals surface area contributed by atoms with Crippen LogP contribution in [0.1, 0.15) is 44.0 Å². The number of nitrogens with zero attached hydrogens (tertiary/aromatic N) is 3. The summed E-state index contributed by atoms with van der Waals surface area (Å²) < 4.78 is 30.4. The summed E-state index contributed by atoms with van der Waals surface area (Å²) in [5, 5.41) is 12.8. The Balaban J connectivity index is 1.86. The summed E-state index contributed by atoms with van der Waals surface area (Å²) in [7, 11) is -3.81. The zero-order valence-electron chi connectivity index (χ0n) is 10.7. The van der Waals surface area contributed by atoms with E-state index in [1.807, 2.05) is 0 Å². The van der Waals surface area contributed by atoms with E-state index in [9.17, 15) is 8.42 Å². The summed E-state index contributed by atoms with van der Waals surface area (Å²) in [6.45, 7) is 0.768. The summed E-state index contributed by atoms with van der Waals surface area (Å²) in [6.07, 6.45) is 5.86. The molecule has 2 heterocycles. The molecule has 7 nitrogen and oxygen atoms in total. The van der Waals surface area contributed by atoms with E-state index in [2.05, 4.69) is 10.2 Å². The Kier molecular flexibility index (Phi) is 3.32. The van der Waals surface area contributed by atoms with Crippen LogP contribution in [0.25, 0.3) is 0 Å². The first kappa shape index (κ1) is 13.0. The van der Waals surface area contributed by atoms with Crippen LogP contribution in [0.15, 0.2) is 5.16 Å². The Morgan fingerprint density at radius 1 is 1.26 bits per heavy atom. The molecule has 2 aliphatic rings. The molecule has 2 fully saturated rings. The van der Waals surface area contributed by atoms with E-state index in [0.29, 0.717) is 12.2 Å². The van der Waals surface area contributed by atoms with Crippen molar-refractivity contribution in [3.05, 3.63) is 5.82 Å². The third kappa shape index (κ3) is 2.80. The van der Waals surface area contributed by atoms with Gasteiger partial charge in [0.05, 0.1) is 6.10 Å². The number of sulfonamides is 1. The molecule has 3 rings (SSSR count). The van der Waals surface area contributed by atoms with Crippen molar-refractivity contribution < 1.29 is 13.2 Å². The SMILES string of the molecule is NS(=O)(=O)c1nnc(CC2CCCCO2)n1C1CC1. The van der Waals surface area contributed by atoms with Crippen molar-refractivity contribution in [1.29, 1.82) is 0 Å². The van der Waals surface area contributed by atoms with Crippen LogP contribution in [0.4, 0.5) is 0 Å². The maximum atomic E-state index is 11.5. The van der Waals surface area contributed by atoms with Gasteiger partial charge < -0.3 is 4.74 Å². The van der Waals surface area contributed by atoms with Crippen molar-refractivity contribution in [3.8, 4) is 0 Å². The van der Waals surface area contributed by atoms with E-state index in [1.165, 1.54) is 0 Å². The van der Waals surface area contributed by atoms with Gasteiger partial charge in [-0.25, -0.2) is 13.6 Å². The minimum atomic E-state index is -3.81. The van der Waals surface area contributed by atoms with Crippen molar-refractivity contribution in [3.63, 3.8) is 0 Å². The maximum Gasteiger partial charge on any atom is 0.273 e. The molecule has 0 radical (unpaired) electrons. The molecule has 0 amide bonds. The highest BCUT2D eigenvalue weighted by Crippen LogP contribution is 2.37. The standard InChI is InChI=1S/C11H18N4O3S/c12-19(16,17)11-14-13-10(15(11)8-4-5-8)7-9-3-1-2-6-18-9/h8-9H,1-7H2,(H2,12,16,17). The molecular formula is C11H18N4O3S. The van der Waals surface area contributed by atoms with Crippen LogP contribution in [0.3, 0.4) is 0 Å². The number of ether oxygens (including phenoxy) is 1. The van der Waals surface area contributed by atoms with Crippen LogP contribution in [-0.4, -0.2) is 35.9 Å². The van der Waals surface area contributed by atoms with Crippen LogP contribution < -0.4 is 5.14 Å². The van der Waals surface area contributed by atoms with E-state index >= 15 is 0 Å². The lowest BCUT2D eigenvalue weighted by atomic mass is 10.1. The minimum absolute atomic E-state index is 0.110. The molecule has 1 aromatic rings. The summed E-state index contributed by atoms with van der Waals surface area (Å²) in [6, 6.07) is 0.182. The lowest BCUT2D eigenvalue weighted by molar-refractivity contribution is 0.0150. The molecule has 2 N–H and O–H groups in total. The van der Waals surface area contributed by atoms with Gasteiger partial charge in [-0.15, -0.1) is 10.2 Å². The summed E-state index contributed by atoms with van der Waals surface area (Å²) >= 11 is 0. The fraction of sp³-hybridized carbons (Fsp3) is 0.818. The Bertz CT molecular complexity index is 558. The van der Waals surface area contributed by atoms with E-state index in [4.69, 9.17) is 9.88 Å². The summed E-state index contributed by atoms with van der Waals surface area (Å²) in [5.74, 6) is 0.679. The van der Waals surface area contributed by atoms with Gasteiger partial charge >= 0.3 is 0 Å². The Hall–Kier alpha value is -0.990. The number of nitrogens with two attached hydrogens (primary N) is 1. The summed E-state index contributed by atoms with van der Waals surface area (Å²) in [5.41, 5.74) is 0. The average Bonchev–Trinajstić information content (AvgIpc) is 3.11. The third-order valence-electron chi connectivity index (χ3n) is 3.59. The molecule has 1 saturated carbocycles. The smallest absolute Gasteiger partial charge is 0.273 e. The van der Waals surface area contributed by atoms with Gasteiger partial charge in [0.15, 0.2) is 0 Å². The second-order valence-electron chi connectivity index (χ2n) is 5.24. The fourth-order valence-electron chi connectivity index (χ4n) is 2.51. The molecule has 1 aliphatic carbocycles. The molecule has 19 heavy (non-hydrogen) atoms. The Labute approximate surface area is 112 Å².